The van der Waals surface area contributed by atoms with Crippen LogP contribution in [-0.4, -0.2) is 25.3 Å². The molecule has 0 unspecified atom stereocenters. The Morgan fingerprint density at radius 3 is 2.87 bits per heavy atom. The Morgan fingerprint density at radius 1 is 1.48 bits per heavy atom. The van der Waals surface area contributed by atoms with Crippen LogP contribution < -0.4 is 10.3 Å². The number of ether oxygens (including phenoxy) is 1. The van der Waals surface area contributed by atoms with Gasteiger partial charge in [-0.25, -0.2) is 0 Å². The van der Waals surface area contributed by atoms with E-state index < -0.39 is 15.1 Å². The van der Waals surface area contributed by atoms with Crippen LogP contribution in [-0.2, 0) is 21.5 Å². The number of anilines is 1. The van der Waals surface area contributed by atoms with Gasteiger partial charge >= 0.3 is 0 Å². The van der Waals surface area contributed by atoms with Gasteiger partial charge in [0, 0.05) is 25.3 Å². The normalized spacial score (nSPS) is 14.9. The van der Waals surface area contributed by atoms with Crippen molar-refractivity contribution in [1.29, 1.82) is 0 Å². The maximum atomic E-state index is 12.4. The fourth-order valence-electron chi connectivity index (χ4n) is 2.09. The van der Waals surface area contributed by atoms with Crippen LogP contribution in [0.2, 0.25) is 5.02 Å². The predicted octanol–water partition coefficient (Wildman–Crippen LogP) is 1.77. The van der Waals surface area contributed by atoms with Crippen LogP contribution in [0.4, 0.5) is 5.69 Å². The summed E-state index contributed by atoms with van der Waals surface area (Å²) in [7, 11) is -2.61. The fourth-order valence-corrected chi connectivity index (χ4v) is 3.61. The van der Waals surface area contributed by atoms with Gasteiger partial charge in [-0.3, -0.25) is 14.1 Å². The highest BCUT2D eigenvalue weighted by Gasteiger charge is 2.35. The van der Waals surface area contributed by atoms with Crippen molar-refractivity contribution in [2.24, 2.45) is 0 Å². The maximum Gasteiger partial charge on any atom is 0.299 e. The molecule has 10 heteroatoms. The lowest BCUT2D eigenvalue weighted by molar-refractivity contribution is 0.128. The van der Waals surface area contributed by atoms with E-state index in [1.54, 1.807) is 0 Å². The minimum Gasteiger partial charge on any atom is -0.364 e. The molecule has 0 bridgehead atoms. The summed E-state index contributed by atoms with van der Waals surface area (Å²) in [4.78, 5) is 11.6. The van der Waals surface area contributed by atoms with E-state index in [4.69, 9.17) is 20.9 Å². The second-order valence-corrected chi connectivity index (χ2v) is 7.15. The standard InChI is InChI=1S/C13H14ClN3O5S/c1-21-7-17-6-9(4-5-10(17)18)16-23(19,20)13-11(14)12(15-22-13)8-2-3-8/h4-6,8,16H,2-3,7H2,1H3. The average molecular weight is 360 g/mol. The van der Waals surface area contributed by atoms with Crippen LogP contribution >= 0.6 is 11.6 Å². The number of hydrogen-bond donors (Lipinski definition) is 1. The first kappa shape index (κ1) is 16.0. The van der Waals surface area contributed by atoms with E-state index in [1.807, 2.05) is 0 Å². The number of rotatable bonds is 6. The van der Waals surface area contributed by atoms with Crippen LogP contribution in [0, 0.1) is 0 Å². The monoisotopic (exact) mass is 359 g/mol. The number of nitrogens with zero attached hydrogens (tertiary/aromatic N) is 2. The highest BCUT2D eigenvalue weighted by molar-refractivity contribution is 7.92. The van der Waals surface area contributed by atoms with Crippen molar-refractivity contribution in [2.75, 3.05) is 11.8 Å². The van der Waals surface area contributed by atoms with Gasteiger partial charge < -0.3 is 9.26 Å². The van der Waals surface area contributed by atoms with E-state index in [2.05, 4.69) is 9.88 Å². The summed E-state index contributed by atoms with van der Waals surface area (Å²) in [5, 5.41) is 3.32. The van der Waals surface area contributed by atoms with E-state index in [9.17, 15) is 13.2 Å². The summed E-state index contributed by atoms with van der Waals surface area (Å²) in [5.41, 5.74) is 0.335. The SMILES string of the molecule is COCn1cc(NS(=O)(=O)c2onc(C3CC3)c2Cl)ccc1=O. The first-order chi connectivity index (χ1) is 10.9. The molecule has 1 fully saturated rings. The number of halogens is 1. The second kappa shape index (κ2) is 5.99. The van der Waals surface area contributed by atoms with Crippen molar-refractivity contribution in [3.63, 3.8) is 0 Å². The summed E-state index contributed by atoms with van der Waals surface area (Å²) >= 11 is 6.07. The Kier molecular flexibility index (Phi) is 4.17. The quantitative estimate of drug-likeness (QED) is 0.843. The molecule has 1 aliphatic rings. The van der Waals surface area contributed by atoms with Crippen molar-refractivity contribution in [3.05, 3.63) is 39.4 Å². The number of sulfonamides is 1. The molecule has 0 aromatic carbocycles. The molecule has 0 atom stereocenters. The van der Waals surface area contributed by atoms with Crippen LogP contribution in [0.1, 0.15) is 24.5 Å². The summed E-state index contributed by atoms with van der Waals surface area (Å²) in [6.07, 6.45) is 3.16. The Bertz CT molecular complexity index is 885. The Hall–Kier alpha value is -1.84. The van der Waals surface area contributed by atoms with Gasteiger partial charge in [-0.2, -0.15) is 8.42 Å². The molecule has 0 amide bonds. The van der Waals surface area contributed by atoms with Crippen LogP contribution in [0.15, 0.2) is 32.7 Å². The van der Waals surface area contributed by atoms with E-state index in [-0.39, 0.29) is 28.9 Å². The minimum atomic E-state index is -4.04. The number of nitrogens with one attached hydrogen (secondary N) is 1. The third-order valence-electron chi connectivity index (χ3n) is 3.34. The van der Waals surface area contributed by atoms with Crippen LogP contribution in [0.25, 0.3) is 0 Å². The maximum absolute atomic E-state index is 12.4. The van der Waals surface area contributed by atoms with Crippen molar-refractivity contribution in [1.82, 2.24) is 9.72 Å². The Balaban J connectivity index is 1.89. The molecule has 1 aliphatic carbocycles. The van der Waals surface area contributed by atoms with Crippen molar-refractivity contribution < 1.29 is 17.7 Å². The smallest absolute Gasteiger partial charge is 0.299 e. The molecule has 1 saturated carbocycles. The molecule has 2 heterocycles. The van der Waals surface area contributed by atoms with Gasteiger partial charge in [0.15, 0.2) is 0 Å². The molecule has 0 spiro atoms. The molecule has 0 saturated heterocycles. The second-order valence-electron chi connectivity index (χ2n) is 5.19. The molecule has 2 aromatic heterocycles. The zero-order chi connectivity index (χ0) is 16.6. The minimum absolute atomic E-state index is 0.00327. The van der Waals surface area contributed by atoms with Crippen molar-refractivity contribution in [3.8, 4) is 0 Å². The summed E-state index contributed by atoms with van der Waals surface area (Å²) in [6, 6.07) is 2.58. The zero-order valence-corrected chi connectivity index (χ0v) is 13.7. The lowest BCUT2D eigenvalue weighted by Crippen LogP contribution is -2.21. The third kappa shape index (κ3) is 3.26. The summed E-state index contributed by atoms with van der Waals surface area (Å²) in [5.74, 6) is 0.166. The van der Waals surface area contributed by atoms with Crippen LogP contribution in [0.5, 0.6) is 0 Å². The first-order valence-electron chi connectivity index (χ1n) is 6.79. The molecule has 0 radical (unpaired) electrons. The largest absolute Gasteiger partial charge is 0.364 e. The lowest BCUT2D eigenvalue weighted by Gasteiger charge is -2.08. The molecular weight excluding hydrogens is 346 g/mol. The summed E-state index contributed by atoms with van der Waals surface area (Å²) in [6.45, 7) is 0.00327. The van der Waals surface area contributed by atoms with E-state index in [0.29, 0.717) is 5.69 Å². The fraction of sp³-hybridized carbons (Fsp3) is 0.385. The molecular formula is C13H14ClN3O5S. The Labute approximate surface area is 137 Å². The molecule has 1 N–H and O–H groups in total. The van der Waals surface area contributed by atoms with Gasteiger partial charge in [-0.15, -0.1) is 0 Å². The van der Waals surface area contributed by atoms with Gasteiger partial charge in [0.2, 0.25) is 0 Å². The highest BCUT2D eigenvalue weighted by atomic mass is 35.5. The first-order valence-corrected chi connectivity index (χ1v) is 8.66. The zero-order valence-electron chi connectivity index (χ0n) is 12.2. The molecule has 23 heavy (non-hydrogen) atoms. The van der Waals surface area contributed by atoms with Gasteiger partial charge in [0.1, 0.15) is 17.4 Å². The molecule has 0 aliphatic heterocycles. The molecule has 2 aromatic rings. The number of hydrogen-bond acceptors (Lipinski definition) is 6. The van der Waals surface area contributed by atoms with E-state index >= 15 is 0 Å². The van der Waals surface area contributed by atoms with E-state index in [1.165, 1.54) is 30.0 Å². The summed E-state index contributed by atoms with van der Waals surface area (Å²) < 4.78 is 38.1. The Morgan fingerprint density at radius 2 is 2.22 bits per heavy atom. The average Bonchev–Trinajstić information content (AvgIpc) is 3.25. The number of methoxy groups -OCH3 is 1. The molecule has 8 nitrogen and oxygen atoms in total. The van der Waals surface area contributed by atoms with Gasteiger partial charge in [0.05, 0.1) is 5.69 Å². The van der Waals surface area contributed by atoms with Gasteiger partial charge in [-0.05, 0) is 18.9 Å². The predicted molar refractivity (Wildman–Crippen MR) is 82.0 cm³/mol. The topological polar surface area (TPSA) is 103 Å². The molecule has 3 rings (SSSR count). The van der Waals surface area contributed by atoms with Crippen molar-refractivity contribution >= 4 is 27.3 Å². The van der Waals surface area contributed by atoms with Crippen molar-refractivity contribution in [2.45, 2.75) is 30.6 Å². The van der Waals surface area contributed by atoms with E-state index in [0.717, 1.165) is 12.8 Å². The lowest BCUT2D eigenvalue weighted by atomic mass is 10.3. The highest BCUT2D eigenvalue weighted by Crippen LogP contribution is 2.44. The number of aromatic nitrogens is 2. The third-order valence-corrected chi connectivity index (χ3v) is 5.09. The number of pyridine rings is 1. The van der Waals surface area contributed by atoms with Gasteiger partial charge in [0.25, 0.3) is 20.7 Å². The van der Waals surface area contributed by atoms with Crippen LogP contribution in [0.3, 0.4) is 0 Å². The molecule has 124 valence electrons. The van der Waals surface area contributed by atoms with Gasteiger partial charge in [-0.1, -0.05) is 16.8 Å².